The minimum Gasteiger partial charge on any atom is -0.326 e. The number of likely N-dealkylation sites (tertiary alicyclic amines) is 1. The Morgan fingerprint density at radius 3 is 2.91 bits per heavy atom. The Bertz CT molecular complexity index is 540. The molecule has 0 radical (unpaired) electrons. The van der Waals surface area contributed by atoms with Gasteiger partial charge in [0, 0.05) is 24.7 Å². The number of benzene rings is 1. The molecular formula is C19H28N2O. The summed E-state index contributed by atoms with van der Waals surface area (Å²) in [5, 5.41) is 3.08. The van der Waals surface area contributed by atoms with E-state index in [2.05, 4.69) is 35.3 Å². The van der Waals surface area contributed by atoms with Crippen LogP contribution < -0.4 is 5.32 Å². The van der Waals surface area contributed by atoms with Gasteiger partial charge in [-0.3, -0.25) is 9.69 Å². The maximum atomic E-state index is 12.3. The number of carbonyl (C=O) groups is 1. The highest BCUT2D eigenvalue weighted by Gasteiger charge is 2.34. The van der Waals surface area contributed by atoms with Crippen LogP contribution in [-0.4, -0.2) is 29.9 Å². The minimum atomic E-state index is 0.147. The van der Waals surface area contributed by atoms with E-state index in [4.69, 9.17) is 0 Å². The molecule has 2 fully saturated rings. The van der Waals surface area contributed by atoms with Crippen molar-refractivity contribution in [3.05, 3.63) is 29.3 Å². The molecule has 1 amide bonds. The normalized spacial score (nSPS) is 25.0. The predicted octanol–water partition coefficient (Wildman–Crippen LogP) is 3.90. The topological polar surface area (TPSA) is 32.3 Å². The molecule has 1 saturated heterocycles. The number of nitrogens with zero attached hydrogens (tertiary/aromatic N) is 1. The van der Waals surface area contributed by atoms with Gasteiger partial charge in [-0.1, -0.05) is 18.6 Å². The summed E-state index contributed by atoms with van der Waals surface area (Å²) >= 11 is 0. The third-order valence-electron chi connectivity index (χ3n) is 5.40. The molecule has 1 aromatic rings. The van der Waals surface area contributed by atoms with E-state index in [-0.39, 0.29) is 5.91 Å². The molecule has 0 spiro atoms. The molecule has 1 aliphatic carbocycles. The van der Waals surface area contributed by atoms with Gasteiger partial charge in [-0.25, -0.2) is 0 Å². The molecule has 22 heavy (non-hydrogen) atoms. The Kier molecular flexibility index (Phi) is 4.82. The molecule has 120 valence electrons. The Hall–Kier alpha value is -1.35. The number of hydrogen-bond donors (Lipinski definition) is 1. The van der Waals surface area contributed by atoms with Crippen LogP contribution in [0, 0.1) is 19.8 Å². The lowest BCUT2D eigenvalue weighted by molar-refractivity contribution is -0.116. The smallest absolute Gasteiger partial charge is 0.225 e. The van der Waals surface area contributed by atoms with Crippen LogP contribution in [0.2, 0.25) is 0 Å². The minimum absolute atomic E-state index is 0.147. The van der Waals surface area contributed by atoms with E-state index in [0.717, 1.165) is 29.8 Å². The monoisotopic (exact) mass is 300 g/mol. The fourth-order valence-electron chi connectivity index (χ4n) is 4.16. The number of nitrogens with one attached hydrogen (secondary N) is 1. The van der Waals surface area contributed by atoms with Gasteiger partial charge >= 0.3 is 0 Å². The van der Waals surface area contributed by atoms with Crippen LogP contribution in [0.4, 0.5) is 5.69 Å². The van der Waals surface area contributed by atoms with Gasteiger partial charge in [0.1, 0.15) is 0 Å². The summed E-state index contributed by atoms with van der Waals surface area (Å²) in [7, 11) is 0. The molecule has 3 heteroatoms. The zero-order chi connectivity index (χ0) is 15.5. The van der Waals surface area contributed by atoms with Gasteiger partial charge in [0.25, 0.3) is 0 Å². The first-order chi connectivity index (χ1) is 10.6. The van der Waals surface area contributed by atoms with Crippen LogP contribution in [0.5, 0.6) is 0 Å². The van der Waals surface area contributed by atoms with E-state index in [1.54, 1.807) is 0 Å². The van der Waals surface area contributed by atoms with Crippen LogP contribution in [-0.2, 0) is 4.79 Å². The lowest BCUT2D eigenvalue weighted by Crippen LogP contribution is -2.43. The fraction of sp³-hybridized carbons (Fsp3) is 0.632. The molecule has 1 N–H and O–H groups in total. The van der Waals surface area contributed by atoms with E-state index in [0.29, 0.717) is 6.42 Å². The van der Waals surface area contributed by atoms with Crippen molar-refractivity contribution in [1.82, 2.24) is 4.90 Å². The van der Waals surface area contributed by atoms with E-state index in [1.165, 1.54) is 44.2 Å². The van der Waals surface area contributed by atoms with Crippen molar-refractivity contribution in [3.63, 3.8) is 0 Å². The zero-order valence-electron chi connectivity index (χ0n) is 13.9. The molecule has 1 aliphatic heterocycles. The Balaban J connectivity index is 1.52. The van der Waals surface area contributed by atoms with E-state index < -0.39 is 0 Å². The molecule has 0 unspecified atom stereocenters. The van der Waals surface area contributed by atoms with Crippen molar-refractivity contribution in [3.8, 4) is 0 Å². The average Bonchev–Trinajstić information content (AvgIpc) is 2.98. The van der Waals surface area contributed by atoms with Crippen LogP contribution >= 0.6 is 0 Å². The third kappa shape index (κ3) is 3.52. The van der Waals surface area contributed by atoms with Crippen molar-refractivity contribution < 1.29 is 4.79 Å². The number of piperidine rings is 1. The Labute approximate surface area is 134 Å². The van der Waals surface area contributed by atoms with Gasteiger partial charge in [-0.05, 0) is 69.2 Å². The van der Waals surface area contributed by atoms with Gasteiger partial charge in [-0.2, -0.15) is 0 Å². The first-order valence-electron chi connectivity index (χ1n) is 8.74. The highest BCUT2D eigenvalue weighted by atomic mass is 16.1. The second kappa shape index (κ2) is 6.82. The van der Waals surface area contributed by atoms with Crippen molar-refractivity contribution in [2.24, 2.45) is 5.92 Å². The van der Waals surface area contributed by atoms with Gasteiger partial charge in [0.05, 0.1) is 0 Å². The molecule has 1 saturated carbocycles. The molecule has 1 heterocycles. The molecule has 3 rings (SSSR count). The largest absolute Gasteiger partial charge is 0.326 e. The quantitative estimate of drug-likeness (QED) is 0.914. The highest BCUT2D eigenvalue weighted by molar-refractivity contribution is 5.91. The standard InChI is InChI=1S/C19H28N2O/c1-14-8-9-15(2)17(13-14)20-19(22)10-12-21-11-4-6-16-5-3-7-18(16)21/h8-9,13,16,18H,3-7,10-12H2,1-2H3,(H,20,22)/t16-,18+/m1/s1. The van der Waals surface area contributed by atoms with E-state index in [9.17, 15) is 4.79 Å². The van der Waals surface area contributed by atoms with Crippen molar-refractivity contribution >= 4 is 11.6 Å². The fourth-order valence-corrected chi connectivity index (χ4v) is 4.16. The summed E-state index contributed by atoms with van der Waals surface area (Å²) in [4.78, 5) is 14.8. The molecule has 0 bridgehead atoms. The average molecular weight is 300 g/mol. The zero-order valence-corrected chi connectivity index (χ0v) is 13.9. The van der Waals surface area contributed by atoms with Crippen LogP contribution in [0.1, 0.15) is 49.7 Å². The summed E-state index contributed by atoms with van der Waals surface area (Å²) in [5.74, 6) is 1.05. The number of hydrogen-bond acceptors (Lipinski definition) is 2. The molecule has 1 aromatic carbocycles. The van der Waals surface area contributed by atoms with E-state index >= 15 is 0 Å². The van der Waals surface area contributed by atoms with Crippen LogP contribution in [0.25, 0.3) is 0 Å². The maximum Gasteiger partial charge on any atom is 0.225 e. The lowest BCUT2D eigenvalue weighted by Gasteiger charge is -2.37. The molecule has 3 nitrogen and oxygen atoms in total. The first-order valence-corrected chi connectivity index (χ1v) is 8.74. The summed E-state index contributed by atoms with van der Waals surface area (Å²) in [6, 6.07) is 6.96. The summed E-state index contributed by atoms with van der Waals surface area (Å²) in [6.45, 7) is 6.20. The van der Waals surface area contributed by atoms with Gasteiger partial charge < -0.3 is 5.32 Å². The third-order valence-corrected chi connectivity index (χ3v) is 5.40. The Morgan fingerprint density at radius 2 is 2.05 bits per heavy atom. The van der Waals surface area contributed by atoms with Crippen molar-refractivity contribution in [2.75, 3.05) is 18.4 Å². The molecular weight excluding hydrogens is 272 g/mol. The molecule has 2 atom stereocenters. The summed E-state index contributed by atoms with van der Waals surface area (Å²) in [5.41, 5.74) is 3.28. The SMILES string of the molecule is Cc1ccc(C)c(NC(=O)CCN2CCC[C@H]3CCC[C@@H]32)c1. The first kappa shape index (κ1) is 15.5. The van der Waals surface area contributed by atoms with Gasteiger partial charge in [0.15, 0.2) is 0 Å². The lowest BCUT2D eigenvalue weighted by atomic mass is 9.92. The van der Waals surface area contributed by atoms with Gasteiger partial charge in [0.2, 0.25) is 5.91 Å². The predicted molar refractivity (Wildman–Crippen MR) is 91.1 cm³/mol. The Morgan fingerprint density at radius 1 is 1.23 bits per heavy atom. The van der Waals surface area contributed by atoms with Crippen molar-refractivity contribution in [2.45, 2.75) is 58.4 Å². The van der Waals surface area contributed by atoms with Crippen LogP contribution in [0.3, 0.4) is 0 Å². The molecule has 2 aliphatic rings. The number of anilines is 1. The van der Waals surface area contributed by atoms with Gasteiger partial charge in [-0.15, -0.1) is 0 Å². The number of fused-ring (bicyclic) bond motifs is 1. The van der Waals surface area contributed by atoms with E-state index in [1.807, 2.05) is 6.92 Å². The second-order valence-electron chi connectivity index (χ2n) is 7.05. The van der Waals surface area contributed by atoms with Crippen LogP contribution in [0.15, 0.2) is 18.2 Å². The number of aryl methyl sites for hydroxylation is 2. The molecule has 0 aromatic heterocycles. The number of carbonyl (C=O) groups excluding carboxylic acids is 1. The maximum absolute atomic E-state index is 12.3. The number of rotatable bonds is 4. The second-order valence-corrected chi connectivity index (χ2v) is 7.05. The summed E-state index contributed by atoms with van der Waals surface area (Å²) in [6.07, 6.45) is 7.42. The van der Waals surface area contributed by atoms with Crippen molar-refractivity contribution in [1.29, 1.82) is 0 Å². The highest BCUT2D eigenvalue weighted by Crippen LogP contribution is 2.36. The number of amides is 1. The summed E-state index contributed by atoms with van der Waals surface area (Å²) < 4.78 is 0.